The Kier molecular flexibility index (Phi) is 6.57. The molecule has 0 radical (unpaired) electrons. The van der Waals surface area contributed by atoms with Crippen molar-refractivity contribution >= 4 is 28.4 Å². The van der Waals surface area contributed by atoms with Crippen molar-refractivity contribution in [2.24, 2.45) is 0 Å². The largest absolute Gasteiger partial charge is 0.318 e. The van der Waals surface area contributed by atoms with Crippen molar-refractivity contribution in [3.8, 4) is 5.69 Å². The summed E-state index contributed by atoms with van der Waals surface area (Å²) in [6.07, 6.45) is 0. The zero-order chi connectivity index (χ0) is 25.2. The van der Waals surface area contributed by atoms with E-state index < -0.39 is 0 Å². The summed E-state index contributed by atoms with van der Waals surface area (Å²) in [5, 5.41) is 0.954. The lowest BCUT2D eigenvalue weighted by molar-refractivity contribution is 0.102. The number of nitrogens with zero attached hydrogens (tertiary/aromatic N) is 3. The molecule has 0 N–H and O–H groups in total. The molecule has 0 fully saturated rings. The van der Waals surface area contributed by atoms with Crippen LogP contribution in [0.15, 0.2) is 94.9 Å². The van der Waals surface area contributed by atoms with Gasteiger partial charge in [-0.1, -0.05) is 54.2 Å². The Bertz CT molecular complexity index is 1620. The van der Waals surface area contributed by atoms with Crippen LogP contribution in [0.5, 0.6) is 0 Å². The van der Waals surface area contributed by atoms with E-state index in [0.717, 1.165) is 22.6 Å². The second kappa shape index (κ2) is 9.95. The van der Waals surface area contributed by atoms with Gasteiger partial charge in [0.2, 0.25) is 0 Å². The Morgan fingerprint density at radius 1 is 0.944 bits per heavy atom. The van der Waals surface area contributed by atoms with E-state index in [9.17, 15) is 14.0 Å². The Morgan fingerprint density at radius 3 is 2.39 bits per heavy atom. The van der Waals surface area contributed by atoms with Gasteiger partial charge in [0.25, 0.3) is 5.56 Å². The number of Topliss-reactive ketones (excluding diaryl/α,β-unsaturated/α-hetero) is 1. The van der Waals surface area contributed by atoms with E-state index in [-0.39, 0.29) is 29.5 Å². The molecule has 0 aliphatic heterocycles. The summed E-state index contributed by atoms with van der Waals surface area (Å²) in [4.78, 5) is 31.3. The zero-order valence-electron chi connectivity index (χ0n) is 19.9. The van der Waals surface area contributed by atoms with Crippen LogP contribution < -0.4 is 5.56 Å². The third-order valence-electron chi connectivity index (χ3n) is 6.16. The number of rotatable bonds is 7. The number of fused-ring (bicyclic) bond motifs is 1. The predicted octanol–water partition coefficient (Wildman–Crippen LogP) is 5.97. The van der Waals surface area contributed by atoms with Crippen LogP contribution in [0, 0.1) is 19.7 Å². The zero-order valence-corrected chi connectivity index (χ0v) is 20.8. The maximum absolute atomic E-state index is 13.4. The summed E-state index contributed by atoms with van der Waals surface area (Å²) >= 11 is 1.24. The maximum atomic E-state index is 13.4. The smallest absolute Gasteiger partial charge is 0.262 e. The fourth-order valence-electron chi connectivity index (χ4n) is 4.40. The molecule has 0 atom stereocenters. The molecule has 0 unspecified atom stereocenters. The molecule has 0 spiro atoms. The average Bonchev–Trinajstić information content (AvgIpc) is 3.20. The van der Waals surface area contributed by atoms with Gasteiger partial charge in [-0.15, -0.1) is 0 Å². The van der Waals surface area contributed by atoms with Gasteiger partial charge in [0.05, 0.1) is 23.2 Å². The standard InChI is InChI=1S/C29H24FN3O2S/c1-19-16-25(20(2)33(19)23-8-4-3-5-9-23)27(34)18-36-29-31-26-11-7-6-10-24(26)28(35)32(29)17-21-12-14-22(30)15-13-21/h3-16H,17-18H2,1-2H3. The maximum Gasteiger partial charge on any atom is 0.262 e. The lowest BCUT2D eigenvalue weighted by Gasteiger charge is -2.13. The van der Waals surface area contributed by atoms with E-state index in [2.05, 4.69) is 4.57 Å². The van der Waals surface area contributed by atoms with E-state index in [1.807, 2.05) is 56.3 Å². The molecule has 0 aliphatic carbocycles. The molecule has 5 rings (SSSR count). The molecule has 0 aliphatic rings. The number of para-hydroxylation sites is 2. The van der Waals surface area contributed by atoms with E-state index in [0.29, 0.717) is 21.6 Å². The number of hydrogen-bond donors (Lipinski definition) is 0. The molecular weight excluding hydrogens is 473 g/mol. The minimum Gasteiger partial charge on any atom is -0.318 e. The van der Waals surface area contributed by atoms with Crippen LogP contribution in [0.1, 0.15) is 27.3 Å². The fourth-order valence-corrected chi connectivity index (χ4v) is 5.28. The minimum absolute atomic E-state index is 0.0361. The van der Waals surface area contributed by atoms with Gasteiger partial charge in [-0.2, -0.15) is 0 Å². The second-order valence-corrected chi connectivity index (χ2v) is 9.54. The Morgan fingerprint density at radius 2 is 1.64 bits per heavy atom. The van der Waals surface area contributed by atoms with Crippen LogP contribution in [0.25, 0.3) is 16.6 Å². The number of aryl methyl sites for hydroxylation is 1. The van der Waals surface area contributed by atoms with E-state index in [1.54, 1.807) is 34.9 Å². The first kappa shape index (κ1) is 23.8. The molecule has 3 aromatic carbocycles. The molecule has 2 heterocycles. The number of thioether (sulfide) groups is 1. The molecule has 7 heteroatoms. The highest BCUT2D eigenvalue weighted by Gasteiger charge is 2.19. The molecule has 0 amide bonds. The first-order valence-electron chi connectivity index (χ1n) is 11.6. The van der Waals surface area contributed by atoms with Gasteiger partial charge in [-0.3, -0.25) is 14.2 Å². The normalized spacial score (nSPS) is 11.2. The van der Waals surface area contributed by atoms with Gasteiger partial charge in [0.15, 0.2) is 10.9 Å². The number of ketones is 1. The Hall–Kier alpha value is -3.97. The number of aromatic nitrogens is 3. The van der Waals surface area contributed by atoms with Crippen LogP contribution in [0.4, 0.5) is 4.39 Å². The molecule has 0 saturated carbocycles. The van der Waals surface area contributed by atoms with Gasteiger partial charge in [-0.05, 0) is 61.9 Å². The van der Waals surface area contributed by atoms with Crippen molar-refractivity contribution in [2.75, 3.05) is 5.75 Å². The summed E-state index contributed by atoms with van der Waals surface area (Å²) in [5.41, 5.74) is 4.66. The molecule has 36 heavy (non-hydrogen) atoms. The van der Waals surface area contributed by atoms with E-state index in [4.69, 9.17) is 4.98 Å². The van der Waals surface area contributed by atoms with Crippen LogP contribution in [-0.4, -0.2) is 25.7 Å². The van der Waals surface area contributed by atoms with Gasteiger partial charge >= 0.3 is 0 Å². The van der Waals surface area contributed by atoms with E-state index >= 15 is 0 Å². The van der Waals surface area contributed by atoms with Gasteiger partial charge in [0.1, 0.15) is 5.82 Å². The Labute approximate surface area is 212 Å². The molecular formula is C29H24FN3O2S. The summed E-state index contributed by atoms with van der Waals surface area (Å²) in [6.45, 7) is 4.15. The van der Waals surface area contributed by atoms with Gasteiger partial charge in [0, 0.05) is 22.6 Å². The minimum atomic E-state index is -0.337. The highest BCUT2D eigenvalue weighted by Crippen LogP contribution is 2.25. The van der Waals surface area contributed by atoms with Crippen LogP contribution >= 0.6 is 11.8 Å². The van der Waals surface area contributed by atoms with Crippen molar-refractivity contribution in [1.82, 2.24) is 14.1 Å². The van der Waals surface area contributed by atoms with Crippen molar-refractivity contribution in [1.29, 1.82) is 0 Å². The monoisotopic (exact) mass is 497 g/mol. The van der Waals surface area contributed by atoms with Crippen molar-refractivity contribution in [3.05, 3.63) is 124 Å². The molecule has 180 valence electrons. The summed E-state index contributed by atoms with van der Waals surface area (Å²) in [6, 6.07) is 25.0. The summed E-state index contributed by atoms with van der Waals surface area (Å²) in [5.74, 6) is -0.241. The summed E-state index contributed by atoms with van der Waals surface area (Å²) < 4.78 is 17.0. The fraction of sp³-hybridized carbons (Fsp3) is 0.138. The van der Waals surface area contributed by atoms with Crippen molar-refractivity contribution in [3.63, 3.8) is 0 Å². The first-order valence-corrected chi connectivity index (χ1v) is 12.6. The number of carbonyl (C=O) groups is 1. The van der Waals surface area contributed by atoms with Crippen molar-refractivity contribution in [2.45, 2.75) is 25.5 Å². The molecule has 0 saturated heterocycles. The van der Waals surface area contributed by atoms with Crippen LogP contribution in [0.3, 0.4) is 0 Å². The molecule has 5 nitrogen and oxygen atoms in total. The second-order valence-electron chi connectivity index (χ2n) is 8.60. The van der Waals surface area contributed by atoms with E-state index in [1.165, 1.54) is 23.9 Å². The number of halogens is 1. The third-order valence-corrected chi connectivity index (χ3v) is 7.14. The van der Waals surface area contributed by atoms with Crippen LogP contribution in [-0.2, 0) is 6.54 Å². The lowest BCUT2D eigenvalue weighted by Crippen LogP contribution is -2.24. The number of benzene rings is 3. The predicted molar refractivity (Wildman–Crippen MR) is 142 cm³/mol. The Balaban J connectivity index is 1.47. The molecule has 5 aromatic rings. The van der Waals surface area contributed by atoms with Gasteiger partial charge < -0.3 is 4.57 Å². The molecule has 0 bridgehead atoms. The topological polar surface area (TPSA) is 56.9 Å². The highest BCUT2D eigenvalue weighted by molar-refractivity contribution is 7.99. The summed E-state index contributed by atoms with van der Waals surface area (Å²) in [7, 11) is 0. The average molecular weight is 498 g/mol. The first-order chi connectivity index (χ1) is 17.4. The molecule has 2 aromatic heterocycles. The van der Waals surface area contributed by atoms with Crippen LogP contribution in [0.2, 0.25) is 0 Å². The van der Waals surface area contributed by atoms with Gasteiger partial charge in [-0.25, -0.2) is 9.37 Å². The number of hydrogen-bond acceptors (Lipinski definition) is 4. The number of carbonyl (C=O) groups excluding carboxylic acids is 1. The quantitative estimate of drug-likeness (QED) is 0.158. The lowest BCUT2D eigenvalue weighted by atomic mass is 10.2. The van der Waals surface area contributed by atoms with Crippen molar-refractivity contribution < 1.29 is 9.18 Å². The highest BCUT2D eigenvalue weighted by atomic mass is 32.2. The SMILES string of the molecule is Cc1cc(C(=O)CSc2nc3ccccc3c(=O)n2Cc2ccc(F)cc2)c(C)n1-c1ccccc1. The third kappa shape index (κ3) is 4.62.